The summed E-state index contributed by atoms with van der Waals surface area (Å²) in [6.07, 6.45) is 0.735. The van der Waals surface area contributed by atoms with Gasteiger partial charge in [-0.3, -0.25) is 4.79 Å². The minimum atomic E-state index is -0.486. The topological polar surface area (TPSA) is 61.8 Å². The SMILES string of the molecule is CCOC(=O)CCCOc1c(Cl)cccc1C(=O)OCC. The summed E-state index contributed by atoms with van der Waals surface area (Å²) in [7, 11) is 0. The van der Waals surface area contributed by atoms with Crippen molar-refractivity contribution in [3.63, 3.8) is 0 Å². The van der Waals surface area contributed by atoms with Crippen LogP contribution in [0.3, 0.4) is 0 Å². The van der Waals surface area contributed by atoms with Crippen LogP contribution in [-0.2, 0) is 14.3 Å². The number of hydrogen-bond donors (Lipinski definition) is 0. The van der Waals surface area contributed by atoms with E-state index in [1.165, 1.54) is 0 Å². The van der Waals surface area contributed by atoms with Gasteiger partial charge >= 0.3 is 11.9 Å². The van der Waals surface area contributed by atoms with Gasteiger partial charge < -0.3 is 14.2 Å². The quantitative estimate of drug-likeness (QED) is 0.544. The lowest BCUT2D eigenvalue weighted by atomic mass is 10.2. The first kappa shape index (κ1) is 17.3. The van der Waals surface area contributed by atoms with Crippen LogP contribution < -0.4 is 4.74 Å². The molecule has 1 aromatic rings. The van der Waals surface area contributed by atoms with Gasteiger partial charge in [-0.1, -0.05) is 17.7 Å². The van der Waals surface area contributed by atoms with Gasteiger partial charge in [0.1, 0.15) is 5.56 Å². The zero-order valence-electron chi connectivity index (χ0n) is 12.2. The van der Waals surface area contributed by atoms with E-state index in [1.54, 1.807) is 32.0 Å². The van der Waals surface area contributed by atoms with Crippen LogP contribution in [0.5, 0.6) is 5.75 Å². The molecule has 0 aliphatic rings. The molecule has 0 spiro atoms. The summed E-state index contributed by atoms with van der Waals surface area (Å²) in [6.45, 7) is 4.37. The van der Waals surface area contributed by atoms with E-state index in [4.69, 9.17) is 25.8 Å². The number of esters is 2. The molecule has 0 fully saturated rings. The normalized spacial score (nSPS) is 10.0. The molecule has 5 nitrogen and oxygen atoms in total. The largest absolute Gasteiger partial charge is 0.491 e. The first-order valence-electron chi connectivity index (χ1n) is 6.84. The fourth-order valence-corrected chi connectivity index (χ4v) is 1.88. The van der Waals surface area contributed by atoms with Crippen molar-refractivity contribution in [1.82, 2.24) is 0 Å². The third kappa shape index (κ3) is 5.63. The van der Waals surface area contributed by atoms with E-state index in [0.29, 0.717) is 18.1 Å². The minimum Gasteiger partial charge on any atom is -0.491 e. The summed E-state index contributed by atoms with van der Waals surface area (Å²) in [6, 6.07) is 4.87. The van der Waals surface area contributed by atoms with Crippen molar-refractivity contribution in [2.45, 2.75) is 26.7 Å². The third-order valence-corrected chi connectivity index (χ3v) is 2.84. The molecule has 0 aliphatic carbocycles. The molecule has 6 heteroatoms. The Labute approximate surface area is 129 Å². The van der Waals surface area contributed by atoms with Gasteiger partial charge in [-0.15, -0.1) is 0 Å². The molecular weight excluding hydrogens is 296 g/mol. The number of halogens is 1. The third-order valence-electron chi connectivity index (χ3n) is 2.54. The lowest BCUT2D eigenvalue weighted by Gasteiger charge is -2.12. The lowest BCUT2D eigenvalue weighted by molar-refractivity contribution is -0.143. The van der Waals surface area contributed by atoms with Crippen molar-refractivity contribution in [2.24, 2.45) is 0 Å². The maximum Gasteiger partial charge on any atom is 0.341 e. The van der Waals surface area contributed by atoms with Crippen LogP contribution in [0.25, 0.3) is 0 Å². The molecule has 0 bridgehead atoms. The second kappa shape index (κ2) is 9.23. The van der Waals surface area contributed by atoms with Crippen LogP contribution in [0, 0.1) is 0 Å². The average molecular weight is 315 g/mol. The molecule has 21 heavy (non-hydrogen) atoms. The Hall–Kier alpha value is -1.75. The van der Waals surface area contributed by atoms with Crippen molar-refractivity contribution in [2.75, 3.05) is 19.8 Å². The summed E-state index contributed by atoms with van der Waals surface area (Å²) < 4.78 is 15.3. The molecule has 1 aromatic carbocycles. The highest BCUT2D eigenvalue weighted by Crippen LogP contribution is 2.29. The smallest absolute Gasteiger partial charge is 0.341 e. The highest BCUT2D eigenvalue weighted by Gasteiger charge is 2.16. The standard InChI is InChI=1S/C15H19ClO5/c1-3-19-13(17)9-6-10-21-14-11(15(18)20-4-2)7-5-8-12(14)16/h5,7-8H,3-4,6,9-10H2,1-2H3. The number of carbonyl (C=O) groups is 2. The Bertz CT molecular complexity index is 487. The first-order valence-corrected chi connectivity index (χ1v) is 7.22. The van der Waals surface area contributed by atoms with Crippen molar-refractivity contribution in [3.8, 4) is 5.75 Å². The number of para-hydroxylation sites is 1. The van der Waals surface area contributed by atoms with E-state index in [-0.39, 0.29) is 36.9 Å². The molecule has 0 atom stereocenters. The van der Waals surface area contributed by atoms with Crippen LogP contribution in [-0.4, -0.2) is 31.8 Å². The average Bonchev–Trinajstić information content (AvgIpc) is 2.45. The summed E-state index contributed by atoms with van der Waals surface area (Å²) in [4.78, 5) is 23.0. The number of hydrogen-bond acceptors (Lipinski definition) is 5. The number of carbonyl (C=O) groups excluding carboxylic acids is 2. The highest BCUT2D eigenvalue weighted by molar-refractivity contribution is 6.32. The second-order valence-electron chi connectivity index (χ2n) is 4.09. The van der Waals surface area contributed by atoms with Crippen molar-refractivity contribution in [1.29, 1.82) is 0 Å². The van der Waals surface area contributed by atoms with Gasteiger partial charge in [0.2, 0.25) is 0 Å². The molecule has 0 aliphatic heterocycles. The molecule has 0 amide bonds. The fourth-order valence-electron chi connectivity index (χ4n) is 1.65. The summed E-state index contributed by atoms with van der Waals surface area (Å²) >= 11 is 6.04. The molecular formula is C15H19ClO5. The van der Waals surface area contributed by atoms with Gasteiger partial charge in [0.05, 0.1) is 24.8 Å². The molecule has 116 valence electrons. The maximum absolute atomic E-state index is 11.8. The van der Waals surface area contributed by atoms with Crippen molar-refractivity contribution < 1.29 is 23.8 Å². The molecule has 1 rings (SSSR count). The molecule has 0 saturated carbocycles. The lowest BCUT2D eigenvalue weighted by Crippen LogP contribution is -2.10. The predicted octanol–water partition coefficient (Wildman–Crippen LogP) is 3.24. The van der Waals surface area contributed by atoms with Crippen LogP contribution in [0.2, 0.25) is 5.02 Å². The first-order chi connectivity index (χ1) is 10.1. The van der Waals surface area contributed by atoms with E-state index in [9.17, 15) is 9.59 Å². The van der Waals surface area contributed by atoms with E-state index >= 15 is 0 Å². The molecule has 0 unspecified atom stereocenters. The number of ether oxygens (including phenoxy) is 3. The Morgan fingerprint density at radius 3 is 2.52 bits per heavy atom. The van der Waals surface area contributed by atoms with Crippen molar-refractivity contribution >= 4 is 23.5 Å². The Morgan fingerprint density at radius 2 is 1.86 bits per heavy atom. The van der Waals surface area contributed by atoms with Crippen LogP contribution in [0.1, 0.15) is 37.0 Å². The van der Waals surface area contributed by atoms with E-state index < -0.39 is 5.97 Å². The van der Waals surface area contributed by atoms with Crippen LogP contribution in [0.15, 0.2) is 18.2 Å². The summed E-state index contributed by atoms with van der Waals surface area (Å²) in [5.41, 5.74) is 0.278. The number of rotatable bonds is 8. The van der Waals surface area contributed by atoms with E-state index in [2.05, 4.69) is 0 Å². The minimum absolute atomic E-state index is 0.257. The molecule has 0 saturated heterocycles. The molecule has 0 N–H and O–H groups in total. The van der Waals surface area contributed by atoms with Crippen LogP contribution >= 0.6 is 11.6 Å². The monoisotopic (exact) mass is 314 g/mol. The summed E-state index contributed by atoms with van der Waals surface area (Å²) in [5.74, 6) is -0.479. The van der Waals surface area contributed by atoms with Gasteiger partial charge in [0.25, 0.3) is 0 Å². The Kier molecular flexibility index (Phi) is 7.61. The van der Waals surface area contributed by atoms with Gasteiger partial charge in [-0.05, 0) is 32.4 Å². The zero-order chi connectivity index (χ0) is 15.7. The van der Waals surface area contributed by atoms with Crippen LogP contribution in [0.4, 0.5) is 0 Å². The Balaban J connectivity index is 2.61. The fraction of sp³-hybridized carbons (Fsp3) is 0.467. The van der Waals surface area contributed by atoms with Crippen molar-refractivity contribution in [3.05, 3.63) is 28.8 Å². The van der Waals surface area contributed by atoms with E-state index in [1.807, 2.05) is 0 Å². The van der Waals surface area contributed by atoms with Gasteiger partial charge in [0.15, 0.2) is 5.75 Å². The highest BCUT2D eigenvalue weighted by atomic mass is 35.5. The maximum atomic E-state index is 11.8. The predicted molar refractivity (Wildman–Crippen MR) is 78.8 cm³/mol. The molecule has 0 aromatic heterocycles. The van der Waals surface area contributed by atoms with Gasteiger partial charge in [0, 0.05) is 6.42 Å². The molecule has 0 radical (unpaired) electrons. The second-order valence-corrected chi connectivity index (χ2v) is 4.50. The molecule has 0 heterocycles. The summed E-state index contributed by atoms with van der Waals surface area (Å²) in [5, 5.41) is 0.330. The van der Waals surface area contributed by atoms with Gasteiger partial charge in [-0.2, -0.15) is 0 Å². The van der Waals surface area contributed by atoms with E-state index in [0.717, 1.165) is 0 Å². The number of benzene rings is 1. The van der Waals surface area contributed by atoms with Gasteiger partial charge in [-0.25, -0.2) is 4.79 Å². The Morgan fingerprint density at radius 1 is 1.14 bits per heavy atom. The zero-order valence-corrected chi connectivity index (χ0v) is 12.9.